The van der Waals surface area contributed by atoms with Crippen molar-refractivity contribution in [2.75, 3.05) is 13.7 Å². The average molecular weight is 378 g/mol. The van der Waals surface area contributed by atoms with Crippen LogP contribution in [0.5, 0.6) is 5.75 Å². The van der Waals surface area contributed by atoms with E-state index in [1.54, 1.807) is 12.0 Å². The van der Waals surface area contributed by atoms with Crippen LogP contribution in [0, 0.1) is 0 Å². The summed E-state index contributed by atoms with van der Waals surface area (Å²) in [5, 5.41) is 2.80. The zero-order chi connectivity index (χ0) is 19.4. The Balaban J connectivity index is 1.61. The molecule has 2 amide bonds. The molecule has 4 nitrogen and oxygen atoms in total. The van der Waals surface area contributed by atoms with Crippen molar-refractivity contribution in [2.24, 2.45) is 0 Å². The van der Waals surface area contributed by atoms with Gasteiger partial charge >= 0.3 is 12.2 Å². The number of amides is 2. The van der Waals surface area contributed by atoms with Crippen molar-refractivity contribution < 1.29 is 22.7 Å². The second kappa shape index (κ2) is 7.90. The summed E-state index contributed by atoms with van der Waals surface area (Å²) in [6.45, 7) is 0.832. The Hall–Kier alpha value is -2.70. The smallest absolute Gasteiger partial charge is 0.416 e. The van der Waals surface area contributed by atoms with Crippen LogP contribution >= 0.6 is 0 Å². The summed E-state index contributed by atoms with van der Waals surface area (Å²) in [6.07, 6.45) is -2.58. The Bertz CT molecular complexity index is 773. The van der Waals surface area contributed by atoms with Crippen molar-refractivity contribution in [2.45, 2.75) is 31.6 Å². The molecule has 0 bridgehead atoms. The molecule has 27 heavy (non-hydrogen) atoms. The molecule has 0 spiro atoms. The van der Waals surface area contributed by atoms with Gasteiger partial charge in [0.05, 0.1) is 18.7 Å². The number of hydrogen-bond acceptors (Lipinski definition) is 2. The topological polar surface area (TPSA) is 41.6 Å². The molecule has 1 fully saturated rings. The van der Waals surface area contributed by atoms with E-state index in [2.05, 4.69) is 5.32 Å². The highest BCUT2D eigenvalue weighted by atomic mass is 19.4. The highest BCUT2D eigenvalue weighted by molar-refractivity contribution is 5.75. The van der Waals surface area contributed by atoms with E-state index in [4.69, 9.17) is 4.74 Å². The minimum Gasteiger partial charge on any atom is -0.497 e. The molecule has 2 aromatic carbocycles. The summed E-state index contributed by atoms with van der Waals surface area (Å²) in [5.74, 6) is 0.759. The quantitative estimate of drug-likeness (QED) is 0.833. The number of carbonyl (C=O) groups excluding carboxylic acids is 1. The molecular weight excluding hydrogens is 357 g/mol. The molecule has 1 unspecified atom stereocenters. The van der Waals surface area contributed by atoms with Gasteiger partial charge in [0.25, 0.3) is 0 Å². The molecule has 144 valence electrons. The standard InChI is InChI=1S/C20H21F3N2O2/c1-27-17-10-6-15(7-11-17)18-3-2-12-25(18)19(26)24-13-14-4-8-16(9-5-14)20(21,22)23/h4-11,18H,2-3,12-13H2,1H3,(H,24,26). The minimum atomic E-state index is -4.36. The van der Waals surface area contributed by atoms with E-state index in [0.717, 1.165) is 36.3 Å². The van der Waals surface area contributed by atoms with E-state index < -0.39 is 11.7 Å². The summed E-state index contributed by atoms with van der Waals surface area (Å²) in [6, 6.07) is 12.2. The number of nitrogens with one attached hydrogen (secondary N) is 1. The SMILES string of the molecule is COc1ccc(C2CCCN2C(=O)NCc2ccc(C(F)(F)F)cc2)cc1. The molecule has 0 radical (unpaired) electrons. The van der Waals surface area contributed by atoms with E-state index in [1.165, 1.54) is 12.1 Å². The van der Waals surface area contributed by atoms with Gasteiger partial charge in [-0.2, -0.15) is 13.2 Å². The third-order valence-corrected chi connectivity index (χ3v) is 4.74. The van der Waals surface area contributed by atoms with Crippen LogP contribution in [0.2, 0.25) is 0 Å². The van der Waals surface area contributed by atoms with Crippen LogP contribution in [-0.4, -0.2) is 24.6 Å². The number of rotatable bonds is 4. The Morgan fingerprint density at radius 2 is 1.81 bits per heavy atom. The molecule has 0 aromatic heterocycles. The Kier molecular flexibility index (Phi) is 5.58. The van der Waals surface area contributed by atoms with Gasteiger partial charge in [-0.3, -0.25) is 0 Å². The fraction of sp³-hybridized carbons (Fsp3) is 0.350. The van der Waals surface area contributed by atoms with Crippen molar-refractivity contribution in [1.29, 1.82) is 0 Å². The summed E-state index contributed by atoms with van der Waals surface area (Å²) in [4.78, 5) is 14.3. The van der Waals surface area contributed by atoms with Crippen molar-refractivity contribution in [3.8, 4) is 5.75 Å². The molecule has 0 aliphatic carbocycles. The van der Waals surface area contributed by atoms with E-state index in [0.29, 0.717) is 12.1 Å². The first-order valence-electron chi connectivity index (χ1n) is 8.73. The van der Waals surface area contributed by atoms with Crippen molar-refractivity contribution in [3.63, 3.8) is 0 Å². The molecule has 0 saturated carbocycles. The van der Waals surface area contributed by atoms with E-state index >= 15 is 0 Å². The fourth-order valence-electron chi connectivity index (χ4n) is 3.27. The molecule has 1 aliphatic rings. The molecule has 2 aromatic rings. The van der Waals surface area contributed by atoms with Gasteiger partial charge in [-0.1, -0.05) is 24.3 Å². The van der Waals surface area contributed by atoms with Crippen molar-refractivity contribution in [3.05, 3.63) is 65.2 Å². The maximum absolute atomic E-state index is 12.6. The van der Waals surface area contributed by atoms with Gasteiger partial charge in [0.15, 0.2) is 0 Å². The van der Waals surface area contributed by atoms with Gasteiger partial charge < -0.3 is 15.0 Å². The number of nitrogens with zero attached hydrogens (tertiary/aromatic N) is 1. The molecule has 7 heteroatoms. The predicted molar refractivity (Wildman–Crippen MR) is 95.4 cm³/mol. The number of carbonyl (C=O) groups is 1. The van der Waals surface area contributed by atoms with Crippen LogP contribution in [0.4, 0.5) is 18.0 Å². The fourth-order valence-corrected chi connectivity index (χ4v) is 3.27. The summed E-state index contributed by atoms with van der Waals surface area (Å²) in [5.41, 5.74) is 0.964. The second-order valence-corrected chi connectivity index (χ2v) is 6.48. The number of benzene rings is 2. The van der Waals surface area contributed by atoms with Gasteiger partial charge in [-0.15, -0.1) is 0 Å². The van der Waals surface area contributed by atoms with Crippen LogP contribution in [0.15, 0.2) is 48.5 Å². The molecule has 1 aliphatic heterocycles. The van der Waals surface area contributed by atoms with Gasteiger partial charge in [0.1, 0.15) is 5.75 Å². The Morgan fingerprint density at radius 3 is 2.41 bits per heavy atom. The van der Waals surface area contributed by atoms with Gasteiger partial charge in [-0.05, 0) is 48.2 Å². The first-order valence-corrected chi connectivity index (χ1v) is 8.73. The maximum atomic E-state index is 12.6. The second-order valence-electron chi connectivity index (χ2n) is 6.48. The first-order chi connectivity index (χ1) is 12.9. The third-order valence-electron chi connectivity index (χ3n) is 4.74. The Morgan fingerprint density at radius 1 is 1.15 bits per heavy atom. The average Bonchev–Trinajstić information content (AvgIpc) is 3.16. The number of ether oxygens (including phenoxy) is 1. The van der Waals surface area contributed by atoms with E-state index in [-0.39, 0.29) is 18.6 Å². The predicted octanol–water partition coefficient (Wildman–Crippen LogP) is 4.76. The van der Waals surface area contributed by atoms with Crippen molar-refractivity contribution >= 4 is 6.03 Å². The summed E-state index contributed by atoms with van der Waals surface area (Å²) < 4.78 is 43.0. The zero-order valence-electron chi connectivity index (χ0n) is 14.9. The lowest BCUT2D eigenvalue weighted by Crippen LogP contribution is -2.39. The normalized spacial score (nSPS) is 17.0. The van der Waals surface area contributed by atoms with Gasteiger partial charge in [-0.25, -0.2) is 4.79 Å². The van der Waals surface area contributed by atoms with Crippen LogP contribution in [0.1, 0.15) is 35.6 Å². The van der Waals surface area contributed by atoms with Gasteiger partial charge in [0.2, 0.25) is 0 Å². The molecule has 1 atom stereocenters. The number of likely N-dealkylation sites (tertiary alicyclic amines) is 1. The molecule has 1 N–H and O–H groups in total. The maximum Gasteiger partial charge on any atom is 0.416 e. The molecular formula is C20H21F3N2O2. The highest BCUT2D eigenvalue weighted by Crippen LogP contribution is 2.33. The van der Waals surface area contributed by atoms with Crippen LogP contribution in [0.25, 0.3) is 0 Å². The Labute approximate surface area is 155 Å². The summed E-state index contributed by atoms with van der Waals surface area (Å²) in [7, 11) is 1.60. The zero-order valence-corrected chi connectivity index (χ0v) is 14.9. The van der Waals surface area contributed by atoms with E-state index in [9.17, 15) is 18.0 Å². The lowest BCUT2D eigenvalue weighted by atomic mass is 10.0. The lowest BCUT2D eigenvalue weighted by molar-refractivity contribution is -0.137. The number of hydrogen-bond donors (Lipinski definition) is 1. The number of methoxy groups -OCH3 is 1. The molecule has 1 heterocycles. The largest absolute Gasteiger partial charge is 0.497 e. The molecule has 3 rings (SSSR count). The number of alkyl halides is 3. The van der Waals surface area contributed by atoms with Crippen molar-refractivity contribution in [1.82, 2.24) is 10.2 Å². The highest BCUT2D eigenvalue weighted by Gasteiger charge is 2.31. The van der Waals surface area contributed by atoms with E-state index in [1.807, 2.05) is 24.3 Å². The first kappa shape index (κ1) is 19.1. The van der Waals surface area contributed by atoms with Crippen LogP contribution < -0.4 is 10.1 Å². The number of urea groups is 1. The third kappa shape index (κ3) is 4.53. The summed E-state index contributed by atoms with van der Waals surface area (Å²) >= 11 is 0. The number of halogens is 3. The van der Waals surface area contributed by atoms with Gasteiger partial charge in [0, 0.05) is 13.1 Å². The van der Waals surface area contributed by atoms with Crippen LogP contribution in [-0.2, 0) is 12.7 Å². The minimum absolute atomic E-state index is 0.0106. The molecule has 1 saturated heterocycles. The monoisotopic (exact) mass is 378 g/mol. The van der Waals surface area contributed by atoms with Crippen LogP contribution in [0.3, 0.4) is 0 Å². The lowest BCUT2D eigenvalue weighted by Gasteiger charge is -2.25.